The van der Waals surface area contributed by atoms with Crippen LogP contribution in [0.25, 0.3) is 0 Å². The molecule has 2 atom stereocenters. The molecule has 0 spiro atoms. The molecule has 0 amide bonds. The summed E-state index contributed by atoms with van der Waals surface area (Å²) in [5.74, 6) is 0.954. The Balaban J connectivity index is 2.00. The van der Waals surface area contributed by atoms with Crippen LogP contribution in [0.1, 0.15) is 52.4 Å². The van der Waals surface area contributed by atoms with Gasteiger partial charge in [-0.25, -0.2) is 0 Å². The van der Waals surface area contributed by atoms with Gasteiger partial charge >= 0.3 is 0 Å². The van der Waals surface area contributed by atoms with Crippen molar-refractivity contribution in [2.45, 2.75) is 58.4 Å². The summed E-state index contributed by atoms with van der Waals surface area (Å²) in [5.41, 5.74) is 0. The maximum atomic E-state index is 3.68. The zero-order valence-corrected chi connectivity index (χ0v) is 10.5. The van der Waals surface area contributed by atoms with E-state index >= 15 is 0 Å². The molecule has 90 valence electrons. The van der Waals surface area contributed by atoms with E-state index < -0.39 is 0 Å². The Morgan fingerprint density at radius 3 is 2.67 bits per heavy atom. The largest absolute Gasteiger partial charge is 0.315 e. The quantitative estimate of drug-likeness (QED) is 0.522. The fourth-order valence-electron chi connectivity index (χ4n) is 2.36. The topological polar surface area (TPSA) is 24.1 Å². The highest BCUT2D eigenvalue weighted by Crippen LogP contribution is 2.22. The Morgan fingerprint density at radius 1 is 1.00 bits per heavy atom. The van der Waals surface area contributed by atoms with Crippen LogP contribution in [0.15, 0.2) is 0 Å². The summed E-state index contributed by atoms with van der Waals surface area (Å²) in [4.78, 5) is 0. The second-order valence-corrected chi connectivity index (χ2v) is 5.01. The summed E-state index contributed by atoms with van der Waals surface area (Å²) in [6.07, 6.45) is 8.28. The number of rotatable bonds is 6. The van der Waals surface area contributed by atoms with Crippen molar-refractivity contribution >= 4 is 0 Å². The van der Waals surface area contributed by atoms with E-state index in [4.69, 9.17) is 0 Å². The molecule has 2 unspecified atom stereocenters. The molecule has 2 heteroatoms. The molecule has 0 aromatic carbocycles. The van der Waals surface area contributed by atoms with Crippen molar-refractivity contribution in [2.75, 3.05) is 19.6 Å². The first-order valence-corrected chi connectivity index (χ1v) is 6.77. The first kappa shape index (κ1) is 13.0. The highest BCUT2D eigenvalue weighted by Gasteiger charge is 2.14. The molecule has 0 saturated heterocycles. The van der Waals surface area contributed by atoms with Crippen molar-refractivity contribution in [3.05, 3.63) is 0 Å². The lowest BCUT2D eigenvalue weighted by Crippen LogP contribution is -2.35. The van der Waals surface area contributed by atoms with Crippen LogP contribution >= 0.6 is 0 Å². The molecule has 0 radical (unpaired) electrons. The first-order valence-electron chi connectivity index (χ1n) is 6.77. The Hall–Kier alpha value is -0.0800. The van der Waals surface area contributed by atoms with Crippen LogP contribution in [0.5, 0.6) is 0 Å². The van der Waals surface area contributed by atoms with Gasteiger partial charge in [0.1, 0.15) is 0 Å². The van der Waals surface area contributed by atoms with Gasteiger partial charge in [0.15, 0.2) is 0 Å². The minimum absolute atomic E-state index is 0.790. The zero-order valence-electron chi connectivity index (χ0n) is 10.5. The van der Waals surface area contributed by atoms with E-state index in [1.807, 2.05) is 0 Å². The van der Waals surface area contributed by atoms with Crippen LogP contribution in [-0.2, 0) is 0 Å². The molecule has 2 nitrogen and oxygen atoms in total. The van der Waals surface area contributed by atoms with Gasteiger partial charge in [-0.05, 0) is 38.1 Å². The molecule has 15 heavy (non-hydrogen) atoms. The highest BCUT2D eigenvalue weighted by molar-refractivity contribution is 4.73. The lowest BCUT2D eigenvalue weighted by Gasteiger charge is -2.16. The van der Waals surface area contributed by atoms with Gasteiger partial charge in [-0.1, -0.05) is 26.7 Å². The lowest BCUT2D eigenvalue weighted by molar-refractivity contribution is 0.444. The normalized spacial score (nSPS) is 27.6. The maximum Gasteiger partial charge on any atom is 0.00793 e. The summed E-state index contributed by atoms with van der Waals surface area (Å²) < 4.78 is 0. The summed E-state index contributed by atoms with van der Waals surface area (Å²) in [5, 5.41) is 7.12. The Bertz CT molecular complexity index is 147. The van der Waals surface area contributed by atoms with Gasteiger partial charge in [0, 0.05) is 19.1 Å². The first-order chi connectivity index (χ1) is 7.33. The summed E-state index contributed by atoms with van der Waals surface area (Å²) in [6, 6.07) is 0.790. The van der Waals surface area contributed by atoms with Crippen LogP contribution < -0.4 is 10.6 Å². The molecule has 0 aromatic heterocycles. The molecule has 1 aliphatic rings. The average molecular weight is 212 g/mol. The third kappa shape index (κ3) is 6.16. The number of nitrogens with one attached hydrogen (secondary N) is 2. The van der Waals surface area contributed by atoms with Gasteiger partial charge < -0.3 is 10.6 Å². The molecule has 1 rings (SSSR count). The second-order valence-electron chi connectivity index (χ2n) is 5.01. The molecule has 1 saturated carbocycles. The van der Waals surface area contributed by atoms with Crippen LogP contribution in [0.3, 0.4) is 0 Å². The smallest absolute Gasteiger partial charge is 0.00793 e. The Kier molecular flexibility index (Phi) is 7.03. The van der Waals surface area contributed by atoms with Crippen molar-refractivity contribution in [1.29, 1.82) is 0 Å². The van der Waals surface area contributed by atoms with E-state index in [1.165, 1.54) is 38.5 Å². The zero-order chi connectivity index (χ0) is 10.9. The standard InChI is InChI=1S/C13H28N2/c1-3-9-14-10-11-15-13-6-4-5-12(2)7-8-13/h12-15H,3-11H2,1-2H3. The number of hydrogen-bond donors (Lipinski definition) is 2. The van der Waals surface area contributed by atoms with Gasteiger partial charge in [-0.2, -0.15) is 0 Å². The maximum absolute atomic E-state index is 3.68. The van der Waals surface area contributed by atoms with E-state index in [9.17, 15) is 0 Å². The molecule has 0 bridgehead atoms. The third-order valence-electron chi connectivity index (χ3n) is 3.42. The minimum Gasteiger partial charge on any atom is -0.315 e. The van der Waals surface area contributed by atoms with Gasteiger partial charge in [0.2, 0.25) is 0 Å². The van der Waals surface area contributed by atoms with Crippen LogP contribution in [0, 0.1) is 5.92 Å². The van der Waals surface area contributed by atoms with Gasteiger partial charge in [0.25, 0.3) is 0 Å². The van der Waals surface area contributed by atoms with Crippen molar-refractivity contribution in [3.8, 4) is 0 Å². The van der Waals surface area contributed by atoms with Crippen LogP contribution in [-0.4, -0.2) is 25.7 Å². The fraction of sp³-hybridized carbons (Fsp3) is 1.00. The van der Waals surface area contributed by atoms with Gasteiger partial charge in [-0.3, -0.25) is 0 Å². The van der Waals surface area contributed by atoms with E-state index in [2.05, 4.69) is 24.5 Å². The highest BCUT2D eigenvalue weighted by atomic mass is 15.0. The average Bonchev–Trinajstić information content (AvgIpc) is 2.43. The Morgan fingerprint density at radius 2 is 1.87 bits per heavy atom. The minimum atomic E-state index is 0.790. The molecule has 0 aromatic rings. The van der Waals surface area contributed by atoms with Gasteiger partial charge in [-0.15, -0.1) is 0 Å². The molecular weight excluding hydrogens is 184 g/mol. The van der Waals surface area contributed by atoms with E-state index in [1.54, 1.807) is 0 Å². The summed E-state index contributed by atoms with van der Waals surface area (Å²) in [7, 11) is 0. The molecular formula is C13H28N2. The van der Waals surface area contributed by atoms with Crippen molar-refractivity contribution in [2.24, 2.45) is 5.92 Å². The SMILES string of the molecule is CCCNCCNC1CCCC(C)CC1. The summed E-state index contributed by atoms with van der Waals surface area (Å²) in [6.45, 7) is 8.03. The van der Waals surface area contributed by atoms with Gasteiger partial charge in [0.05, 0.1) is 0 Å². The molecule has 1 aliphatic carbocycles. The molecule has 0 aliphatic heterocycles. The fourth-order valence-corrected chi connectivity index (χ4v) is 2.36. The monoisotopic (exact) mass is 212 g/mol. The van der Waals surface area contributed by atoms with Crippen LogP contribution in [0.4, 0.5) is 0 Å². The third-order valence-corrected chi connectivity index (χ3v) is 3.42. The van der Waals surface area contributed by atoms with E-state index in [0.29, 0.717) is 0 Å². The number of hydrogen-bond acceptors (Lipinski definition) is 2. The second kappa shape index (κ2) is 8.12. The van der Waals surface area contributed by atoms with Crippen molar-refractivity contribution in [1.82, 2.24) is 10.6 Å². The predicted molar refractivity (Wildman–Crippen MR) is 67.2 cm³/mol. The summed E-state index contributed by atoms with van der Waals surface area (Å²) >= 11 is 0. The van der Waals surface area contributed by atoms with E-state index in [0.717, 1.165) is 31.6 Å². The Labute approximate surface area is 95.2 Å². The van der Waals surface area contributed by atoms with Crippen molar-refractivity contribution < 1.29 is 0 Å². The predicted octanol–water partition coefficient (Wildman–Crippen LogP) is 2.54. The molecule has 2 N–H and O–H groups in total. The molecule has 1 fully saturated rings. The van der Waals surface area contributed by atoms with E-state index in [-0.39, 0.29) is 0 Å². The lowest BCUT2D eigenvalue weighted by atomic mass is 10.0. The van der Waals surface area contributed by atoms with Crippen LogP contribution in [0.2, 0.25) is 0 Å². The molecule has 0 heterocycles. The van der Waals surface area contributed by atoms with Crippen molar-refractivity contribution in [3.63, 3.8) is 0 Å².